The van der Waals surface area contributed by atoms with E-state index < -0.39 is 0 Å². The van der Waals surface area contributed by atoms with Crippen LogP contribution in [0.5, 0.6) is 0 Å². The van der Waals surface area contributed by atoms with Crippen molar-refractivity contribution in [1.29, 1.82) is 0 Å². The van der Waals surface area contributed by atoms with Gasteiger partial charge in [-0.1, -0.05) is 76.9 Å². The van der Waals surface area contributed by atoms with Crippen LogP contribution in [0.4, 0.5) is 0 Å². The van der Waals surface area contributed by atoms with Crippen LogP contribution in [0, 0.1) is 6.92 Å². The number of aliphatic hydroxyl groups is 1. The van der Waals surface area contributed by atoms with Crippen molar-refractivity contribution in [1.82, 2.24) is 5.32 Å². The maximum atomic E-state index is 12.3. The molecule has 2 aliphatic rings. The average Bonchev–Trinajstić information content (AvgIpc) is 3.45. The summed E-state index contributed by atoms with van der Waals surface area (Å²) in [6.45, 7) is 13.8. The van der Waals surface area contributed by atoms with Gasteiger partial charge in [-0.15, -0.1) is 0 Å². The molecule has 202 valence electrons. The molecule has 1 heterocycles. The van der Waals surface area contributed by atoms with Crippen LogP contribution in [0.3, 0.4) is 0 Å². The van der Waals surface area contributed by atoms with Gasteiger partial charge in [0.1, 0.15) is 0 Å². The second-order valence-corrected chi connectivity index (χ2v) is 9.36. The summed E-state index contributed by atoms with van der Waals surface area (Å²) in [7, 11) is 0. The number of hydrogen-bond acceptors (Lipinski definition) is 3. The van der Waals surface area contributed by atoms with Crippen LogP contribution in [0.1, 0.15) is 106 Å². The standard InChI is InChI=1S/C20H23NO.C6H12O.C4H10O.C2H6/c1-3-15-6-9-18-13-19(11-10-17(18)12-15)21-20(22)16-7-4-14(2)5-8-16;1-2-6-4-3-5-7-6;1-2-3-4-5;1-2/h4-9,12,19H,3,10-11,13H2,1-2H3,(H,21,22);6H,2-5H2,1H3;5H,2-4H2,1H3;1-2H3. The molecule has 1 fully saturated rings. The van der Waals surface area contributed by atoms with Crippen LogP contribution in [-0.4, -0.2) is 36.4 Å². The van der Waals surface area contributed by atoms with Gasteiger partial charge in [-0.05, 0) is 87.1 Å². The van der Waals surface area contributed by atoms with Crippen molar-refractivity contribution in [3.05, 3.63) is 70.3 Å². The minimum atomic E-state index is 0.0404. The molecule has 2 unspecified atom stereocenters. The van der Waals surface area contributed by atoms with Gasteiger partial charge in [0.15, 0.2) is 0 Å². The summed E-state index contributed by atoms with van der Waals surface area (Å²) in [6.07, 6.45) is 10.5. The molecule has 0 saturated carbocycles. The van der Waals surface area contributed by atoms with Gasteiger partial charge in [0.05, 0.1) is 6.10 Å². The van der Waals surface area contributed by atoms with Crippen LogP contribution < -0.4 is 5.32 Å². The summed E-state index contributed by atoms with van der Waals surface area (Å²) in [5.74, 6) is 0.0404. The fourth-order valence-electron chi connectivity index (χ4n) is 4.25. The lowest BCUT2D eigenvalue weighted by Gasteiger charge is -2.26. The molecule has 4 heteroatoms. The summed E-state index contributed by atoms with van der Waals surface area (Å²) in [4.78, 5) is 12.3. The second kappa shape index (κ2) is 19.0. The molecule has 0 aromatic heterocycles. The molecule has 1 aliphatic carbocycles. The van der Waals surface area contributed by atoms with Crippen molar-refractivity contribution < 1.29 is 14.6 Å². The SMILES string of the molecule is CC.CCC1CCCO1.CCCCO.CCc1ccc2c(c1)CCC(NC(=O)c1ccc(C)cc1)C2. The van der Waals surface area contributed by atoms with Crippen molar-refractivity contribution in [2.45, 2.75) is 111 Å². The summed E-state index contributed by atoms with van der Waals surface area (Å²) in [6, 6.07) is 14.8. The van der Waals surface area contributed by atoms with Crippen LogP contribution in [0.25, 0.3) is 0 Å². The van der Waals surface area contributed by atoms with E-state index in [1.54, 1.807) is 0 Å². The Bertz CT molecular complexity index is 839. The highest BCUT2D eigenvalue weighted by molar-refractivity contribution is 5.94. The van der Waals surface area contributed by atoms with Gasteiger partial charge in [-0.25, -0.2) is 0 Å². The van der Waals surface area contributed by atoms with E-state index in [1.165, 1.54) is 41.5 Å². The summed E-state index contributed by atoms with van der Waals surface area (Å²) < 4.78 is 5.30. The van der Waals surface area contributed by atoms with Crippen LogP contribution in [0.15, 0.2) is 42.5 Å². The van der Waals surface area contributed by atoms with E-state index in [0.29, 0.717) is 12.7 Å². The highest BCUT2D eigenvalue weighted by atomic mass is 16.5. The third kappa shape index (κ3) is 11.7. The highest BCUT2D eigenvalue weighted by Crippen LogP contribution is 2.23. The first-order chi connectivity index (χ1) is 17.5. The normalized spacial score (nSPS) is 17.8. The predicted molar refractivity (Wildman–Crippen MR) is 153 cm³/mol. The lowest BCUT2D eigenvalue weighted by molar-refractivity contribution is 0.0933. The smallest absolute Gasteiger partial charge is 0.251 e. The lowest BCUT2D eigenvalue weighted by atomic mass is 9.87. The molecule has 4 rings (SSSR count). The van der Waals surface area contributed by atoms with E-state index in [-0.39, 0.29) is 11.9 Å². The molecular formula is C32H51NO3. The van der Waals surface area contributed by atoms with E-state index in [0.717, 1.165) is 50.7 Å². The van der Waals surface area contributed by atoms with Crippen molar-refractivity contribution in [3.63, 3.8) is 0 Å². The number of carbonyl (C=O) groups is 1. The largest absolute Gasteiger partial charge is 0.396 e. The number of aliphatic hydroxyl groups excluding tert-OH is 1. The van der Waals surface area contributed by atoms with Crippen LogP contribution >= 0.6 is 0 Å². The number of amides is 1. The maximum Gasteiger partial charge on any atom is 0.251 e. The molecule has 1 aliphatic heterocycles. The predicted octanol–water partition coefficient (Wildman–Crippen LogP) is 7.23. The minimum absolute atomic E-state index is 0.0404. The number of rotatable bonds is 6. The summed E-state index contributed by atoms with van der Waals surface area (Å²) >= 11 is 0. The monoisotopic (exact) mass is 497 g/mol. The van der Waals surface area contributed by atoms with Crippen LogP contribution in [-0.2, 0) is 24.0 Å². The van der Waals surface area contributed by atoms with Gasteiger partial charge in [-0.2, -0.15) is 0 Å². The molecule has 1 amide bonds. The van der Waals surface area contributed by atoms with Gasteiger partial charge >= 0.3 is 0 Å². The number of fused-ring (bicyclic) bond motifs is 1. The quantitative estimate of drug-likeness (QED) is 0.443. The van der Waals surface area contributed by atoms with Gasteiger partial charge in [0.2, 0.25) is 0 Å². The van der Waals surface area contributed by atoms with E-state index in [2.05, 4.69) is 44.3 Å². The van der Waals surface area contributed by atoms with Crippen LogP contribution in [0.2, 0.25) is 0 Å². The third-order valence-electron chi connectivity index (χ3n) is 6.55. The molecule has 2 aromatic carbocycles. The molecule has 2 atom stereocenters. The molecule has 0 spiro atoms. The zero-order valence-corrected chi connectivity index (χ0v) is 23.7. The Balaban J connectivity index is 0.000000381. The molecule has 0 bridgehead atoms. The fraction of sp³-hybridized carbons (Fsp3) is 0.594. The summed E-state index contributed by atoms with van der Waals surface area (Å²) in [5, 5.41) is 11.3. The van der Waals surface area contributed by atoms with Crippen molar-refractivity contribution in [3.8, 4) is 0 Å². The first-order valence-corrected chi connectivity index (χ1v) is 14.2. The molecule has 2 N–H and O–H groups in total. The molecule has 2 aromatic rings. The minimum Gasteiger partial charge on any atom is -0.396 e. The first kappa shape index (κ1) is 31.9. The van der Waals surface area contributed by atoms with E-state index in [9.17, 15) is 4.79 Å². The number of aryl methyl sites for hydroxylation is 3. The Morgan fingerprint density at radius 1 is 1.03 bits per heavy atom. The number of carbonyl (C=O) groups excluding carboxylic acids is 1. The molecule has 36 heavy (non-hydrogen) atoms. The summed E-state index contributed by atoms with van der Waals surface area (Å²) in [5.41, 5.74) is 6.17. The topological polar surface area (TPSA) is 58.6 Å². The van der Waals surface area contributed by atoms with Gasteiger partial charge in [0.25, 0.3) is 5.91 Å². The van der Waals surface area contributed by atoms with Gasteiger partial charge in [-0.3, -0.25) is 4.79 Å². The third-order valence-corrected chi connectivity index (χ3v) is 6.55. The number of unbranched alkanes of at least 4 members (excludes halogenated alkanes) is 1. The maximum absolute atomic E-state index is 12.3. The Morgan fingerprint density at radius 2 is 1.75 bits per heavy atom. The molecule has 0 radical (unpaired) electrons. The molecule has 1 saturated heterocycles. The Labute approximate surface area is 220 Å². The number of nitrogens with one attached hydrogen (secondary N) is 1. The fourth-order valence-corrected chi connectivity index (χ4v) is 4.25. The van der Waals surface area contributed by atoms with E-state index in [1.807, 2.05) is 45.0 Å². The highest BCUT2D eigenvalue weighted by Gasteiger charge is 2.20. The first-order valence-electron chi connectivity index (χ1n) is 14.2. The van der Waals surface area contributed by atoms with Gasteiger partial charge in [0, 0.05) is 24.8 Å². The Kier molecular flexibility index (Phi) is 16.8. The number of hydrogen-bond donors (Lipinski definition) is 2. The number of benzene rings is 2. The number of ether oxygens (including phenoxy) is 1. The second-order valence-electron chi connectivity index (χ2n) is 9.36. The van der Waals surface area contributed by atoms with Crippen molar-refractivity contribution in [2.24, 2.45) is 0 Å². The van der Waals surface area contributed by atoms with Gasteiger partial charge < -0.3 is 15.2 Å². The average molecular weight is 498 g/mol. The lowest BCUT2D eigenvalue weighted by Crippen LogP contribution is -2.38. The van der Waals surface area contributed by atoms with Crippen molar-refractivity contribution >= 4 is 5.91 Å². The van der Waals surface area contributed by atoms with E-state index in [4.69, 9.17) is 9.84 Å². The molecular weight excluding hydrogens is 446 g/mol. The Hall–Kier alpha value is -2.17. The zero-order chi connectivity index (χ0) is 26.8. The Morgan fingerprint density at radius 3 is 2.25 bits per heavy atom. The van der Waals surface area contributed by atoms with Crippen molar-refractivity contribution in [2.75, 3.05) is 13.2 Å². The molecule has 4 nitrogen and oxygen atoms in total. The zero-order valence-electron chi connectivity index (χ0n) is 23.7. The van der Waals surface area contributed by atoms with E-state index >= 15 is 0 Å².